The lowest BCUT2D eigenvalue weighted by Crippen LogP contribution is -2.01. The van der Waals surface area contributed by atoms with Gasteiger partial charge in [-0.25, -0.2) is 0 Å². The normalized spacial score (nSPS) is 12.7. The predicted molar refractivity (Wildman–Crippen MR) is 94.6 cm³/mol. The number of hydrogen-bond acceptors (Lipinski definition) is 2. The van der Waals surface area contributed by atoms with Crippen LogP contribution in [0.15, 0.2) is 42.5 Å². The van der Waals surface area contributed by atoms with Gasteiger partial charge in [0.1, 0.15) is 12.2 Å². The lowest BCUT2D eigenvalue weighted by Gasteiger charge is -2.05. The fourth-order valence-electron chi connectivity index (χ4n) is 2.34. The topological polar surface area (TPSA) is 40.5 Å². The molecule has 0 radical (unpaired) electrons. The number of benzene rings is 2. The summed E-state index contributed by atoms with van der Waals surface area (Å²) in [5.41, 5.74) is 0.751. The van der Waals surface area contributed by atoms with Gasteiger partial charge in [0.05, 0.1) is 0 Å². The van der Waals surface area contributed by atoms with E-state index in [1.807, 2.05) is 42.5 Å². The molecule has 2 atom stereocenters. The van der Waals surface area contributed by atoms with Gasteiger partial charge in [0.2, 0.25) is 0 Å². The molecule has 2 rings (SSSR count). The summed E-state index contributed by atoms with van der Waals surface area (Å²) < 4.78 is 0. The van der Waals surface area contributed by atoms with Crippen molar-refractivity contribution in [1.82, 2.24) is 0 Å². The maximum atomic E-state index is 10.1. The van der Waals surface area contributed by atoms with Crippen molar-refractivity contribution >= 4 is 10.8 Å². The quantitative estimate of drug-likeness (QED) is 0.651. The van der Waals surface area contributed by atoms with Crippen molar-refractivity contribution in [2.45, 2.75) is 44.8 Å². The van der Waals surface area contributed by atoms with E-state index in [0.717, 1.165) is 35.6 Å². The van der Waals surface area contributed by atoms with Crippen LogP contribution in [0.5, 0.6) is 0 Å². The second kappa shape index (κ2) is 9.01. The monoisotopic (exact) mass is 306 g/mol. The molecule has 0 bridgehead atoms. The maximum absolute atomic E-state index is 10.1. The molecule has 0 saturated carbocycles. The molecule has 0 aliphatic heterocycles. The van der Waals surface area contributed by atoms with Gasteiger partial charge in [-0.05, 0) is 47.1 Å². The van der Waals surface area contributed by atoms with Gasteiger partial charge >= 0.3 is 0 Å². The molecular weight excluding hydrogens is 284 g/mol. The van der Waals surface area contributed by atoms with Gasteiger partial charge in [0, 0.05) is 0 Å². The number of fused-ring (bicyclic) bond motifs is 1. The number of rotatable bonds is 5. The molecule has 0 aromatic heterocycles. The summed E-state index contributed by atoms with van der Waals surface area (Å²) in [7, 11) is 0. The average Bonchev–Trinajstić information content (AvgIpc) is 2.58. The summed E-state index contributed by atoms with van der Waals surface area (Å²) in [6, 6.07) is 13.8. The standard InChI is InChI=1S/C21H22O2/c1-2-3-4-11-20(22)12-7-8-13-21(23)19-15-14-17-9-5-6-10-18(17)16-19/h5-6,9-10,14-16,20-23H,2-4,11H2,1H3. The van der Waals surface area contributed by atoms with Gasteiger partial charge in [-0.1, -0.05) is 68.0 Å². The minimum Gasteiger partial charge on any atom is -0.380 e. The highest BCUT2D eigenvalue weighted by Crippen LogP contribution is 2.19. The Labute approximate surface area is 138 Å². The first-order chi connectivity index (χ1) is 11.2. The van der Waals surface area contributed by atoms with Crippen molar-refractivity contribution < 1.29 is 10.2 Å². The summed E-state index contributed by atoms with van der Waals surface area (Å²) in [4.78, 5) is 0. The molecule has 2 unspecified atom stereocenters. The third-order valence-electron chi connectivity index (χ3n) is 3.68. The molecule has 0 amide bonds. The third-order valence-corrected chi connectivity index (χ3v) is 3.68. The van der Waals surface area contributed by atoms with Crippen molar-refractivity contribution in [3.63, 3.8) is 0 Å². The second-order valence-corrected chi connectivity index (χ2v) is 5.56. The Kier molecular flexibility index (Phi) is 6.70. The summed E-state index contributed by atoms with van der Waals surface area (Å²) >= 11 is 0. The van der Waals surface area contributed by atoms with E-state index in [0.29, 0.717) is 6.42 Å². The smallest absolute Gasteiger partial charge is 0.141 e. The minimum atomic E-state index is -0.869. The average molecular weight is 306 g/mol. The Morgan fingerprint density at radius 1 is 0.913 bits per heavy atom. The van der Waals surface area contributed by atoms with Gasteiger partial charge in [-0.15, -0.1) is 0 Å². The molecule has 2 nitrogen and oxygen atoms in total. The van der Waals surface area contributed by atoms with Gasteiger partial charge < -0.3 is 10.2 Å². The van der Waals surface area contributed by atoms with E-state index in [1.165, 1.54) is 0 Å². The van der Waals surface area contributed by atoms with E-state index in [1.54, 1.807) is 0 Å². The van der Waals surface area contributed by atoms with Gasteiger partial charge in [-0.3, -0.25) is 0 Å². The second-order valence-electron chi connectivity index (χ2n) is 5.56. The molecule has 0 aliphatic rings. The third kappa shape index (κ3) is 5.46. The highest BCUT2D eigenvalue weighted by Gasteiger charge is 2.04. The molecule has 0 fully saturated rings. The lowest BCUT2D eigenvalue weighted by atomic mass is 10.0. The Hall–Kier alpha value is -2.26. The Balaban J connectivity index is 1.97. The molecule has 0 spiro atoms. The first kappa shape index (κ1) is 17.1. The van der Waals surface area contributed by atoms with E-state index in [-0.39, 0.29) is 0 Å². The predicted octanol–water partition coefficient (Wildman–Crippen LogP) is 3.82. The van der Waals surface area contributed by atoms with Crippen molar-refractivity contribution in [3.05, 3.63) is 48.0 Å². The van der Waals surface area contributed by atoms with Crippen LogP contribution in [0.1, 0.15) is 44.3 Å². The number of unbranched alkanes of at least 4 members (excludes halogenated alkanes) is 2. The van der Waals surface area contributed by atoms with Crippen LogP contribution in [0.2, 0.25) is 0 Å². The van der Waals surface area contributed by atoms with E-state index < -0.39 is 12.2 Å². The number of aliphatic hydroxyl groups is 2. The number of aliphatic hydroxyl groups excluding tert-OH is 2. The fraction of sp³-hybridized carbons (Fsp3) is 0.333. The Morgan fingerprint density at radius 2 is 1.65 bits per heavy atom. The van der Waals surface area contributed by atoms with Crippen LogP contribution >= 0.6 is 0 Å². The number of hydrogen-bond donors (Lipinski definition) is 2. The molecular formula is C21H22O2. The maximum Gasteiger partial charge on any atom is 0.141 e. The van der Waals surface area contributed by atoms with E-state index in [2.05, 4.69) is 30.6 Å². The molecule has 2 aromatic carbocycles. The zero-order valence-electron chi connectivity index (χ0n) is 13.4. The van der Waals surface area contributed by atoms with Crippen LogP contribution in [0.25, 0.3) is 10.8 Å². The minimum absolute atomic E-state index is 0.631. The SMILES string of the molecule is CCCCCC(O)C#CC#CC(O)c1ccc2ccccc2c1. The van der Waals surface area contributed by atoms with Crippen LogP contribution < -0.4 is 0 Å². The van der Waals surface area contributed by atoms with Crippen LogP contribution in [0.3, 0.4) is 0 Å². The molecule has 23 heavy (non-hydrogen) atoms. The Morgan fingerprint density at radius 3 is 2.43 bits per heavy atom. The van der Waals surface area contributed by atoms with Crippen molar-refractivity contribution in [2.24, 2.45) is 0 Å². The largest absolute Gasteiger partial charge is 0.380 e. The fourth-order valence-corrected chi connectivity index (χ4v) is 2.34. The molecule has 0 saturated heterocycles. The molecule has 0 aliphatic carbocycles. The van der Waals surface area contributed by atoms with E-state index in [4.69, 9.17) is 0 Å². The zero-order chi connectivity index (χ0) is 16.5. The summed E-state index contributed by atoms with van der Waals surface area (Å²) in [5.74, 6) is 10.7. The summed E-state index contributed by atoms with van der Waals surface area (Å²) in [6.45, 7) is 2.12. The molecule has 0 heterocycles. The van der Waals surface area contributed by atoms with Crippen LogP contribution in [-0.4, -0.2) is 16.3 Å². The van der Waals surface area contributed by atoms with E-state index >= 15 is 0 Å². The molecule has 2 aromatic rings. The first-order valence-electron chi connectivity index (χ1n) is 8.06. The van der Waals surface area contributed by atoms with Crippen LogP contribution in [-0.2, 0) is 0 Å². The molecule has 2 heteroatoms. The van der Waals surface area contributed by atoms with Crippen molar-refractivity contribution in [2.75, 3.05) is 0 Å². The highest BCUT2D eigenvalue weighted by atomic mass is 16.3. The van der Waals surface area contributed by atoms with Crippen molar-refractivity contribution in [1.29, 1.82) is 0 Å². The zero-order valence-corrected chi connectivity index (χ0v) is 13.4. The Bertz CT molecular complexity index is 756. The van der Waals surface area contributed by atoms with Gasteiger partial charge in [0.15, 0.2) is 0 Å². The summed E-state index contributed by atoms with van der Waals surface area (Å²) in [5, 5.41) is 22.0. The van der Waals surface area contributed by atoms with Gasteiger partial charge in [-0.2, -0.15) is 0 Å². The molecule has 118 valence electrons. The van der Waals surface area contributed by atoms with Crippen LogP contribution in [0, 0.1) is 23.7 Å². The summed E-state index contributed by atoms with van der Waals surface area (Å²) in [6.07, 6.45) is 2.37. The lowest BCUT2D eigenvalue weighted by molar-refractivity contribution is 0.217. The highest BCUT2D eigenvalue weighted by molar-refractivity contribution is 5.83. The van der Waals surface area contributed by atoms with Crippen LogP contribution in [0.4, 0.5) is 0 Å². The van der Waals surface area contributed by atoms with Gasteiger partial charge in [0.25, 0.3) is 0 Å². The molecule has 2 N–H and O–H groups in total. The first-order valence-corrected chi connectivity index (χ1v) is 8.06. The van der Waals surface area contributed by atoms with E-state index in [9.17, 15) is 10.2 Å². The van der Waals surface area contributed by atoms with Crippen molar-refractivity contribution in [3.8, 4) is 23.7 Å².